The van der Waals surface area contributed by atoms with E-state index in [1.54, 1.807) is 65.7 Å². The van der Waals surface area contributed by atoms with Crippen molar-refractivity contribution in [3.05, 3.63) is 108 Å². The van der Waals surface area contributed by atoms with Crippen LogP contribution in [-0.2, 0) is 14.4 Å². The number of amides is 2. The smallest absolute Gasteiger partial charge is 0.326 e. The molecule has 1 atom stereocenters. The van der Waals surface area contributed by atoms with E-state index in [0.717, 1.165) is 5.69 Å². The third-order valence-corrected chi connectivity index (χ3v) is 5.78. The molecule has 202 valence electrons. The van der Waals surface area contributed by atoms with Crippen molar-refractivity contribution in [1.29, 1.82) is 0 Å². The number of carboxylic acid groups (broad SMARTS) is 2. The van der Waals surface area contributed by atoms with Crippen LogP contribution in [0, 0.1) is 0 Å². The lowest BCUT2D eigenvalue weighted by Gasteiger charge is -2.16. The van der Waals surface area contributed by atoms with Gasteiger partial charge in [0.25, 0.3) is 11.8 Å². The number of aliphatic carboxylic acids is 2. The van der Waals surface area contributed by atoms with Gasteiger partial charge in [0.2, 0.25) is 0 Å². The first kappa shape index (κ1) is 27.5. The number of nitrogens with zero attached hydrogens (tertiary/aromatic N) is 3. The standard InChI is InChI=1S/C29H25N5O6/c35-25(36)14-13-23(29(39)40)31-28(38)24(32-27(37)19-8-3-1-4-9-19)16-21-18-34(22-11-5-2-6-12-22)33-26(21)20-10-7-15-30-17-20/h1-12,15-18,23H,13-14H2,(H,31,38)(H,32,37)(H,35,36)(H,39,40)/b24-16+/t23-/m0/s1. The Morgan fingerprint density at radius 3 is 2.25 bits per heavy atom. The number of hydrogen-bond donors (Lipinski definition) is 4. The summed E-state index contributed by atoms with van der Waals surface area (Å²) >= 11 is 0. The molecule has 0 aliphatic rings. The molecule has 11 nitrogen and oxygen atoms in total. The monoisotopic (exact) mass is 539 g/mol. The number of carbonyl (C=O) groups is 4. The number of pyridine rings is 1. The summed E-state index contributed by atoms with van der Waals surface area (Å²) in [6, 6.07) is 19.5. The minimum absolute atomic E-state index is 0.256. The van der Waals surface area contributed by atoms with Crippen molar-refractivity contribution in [2.45, 2.75) is 18.9 Å². The van der Waals surface area contributed by atoms with Crippen LogP contribution in [0.1, 0.15) is 28.8 Å². The molecule has 4 aromatic rings. The number of carbonyl (C=O) groups excluding carboxylic acids is 2. The minimum Gasteiger partial charge on any atom is -0.481 e. The molecule has 0 aliphatic carbocycles. The second-order valence-corrected chi connectivity index (χ2v) is 8.63. The summed E-state index contributed by atoms with van der Waals surface area (Å²) in [5, 5.41) is 28.1. The Morgan fingerprint density at radius 2 is 1.62 bits per heavy atom. The number of carboxylic acids is 2. The molecular formula is C29H25N5O6. The first-order chi connectivity index (χ1) is 19.3. The lowest BCUT2D eigenvalue weighted by Crippen LogP contribution is -2.44. The minimum atomic E-state index is -1.49. The average molecular weight is 540 g/mol. The highest BCUT2D eigenvalue weighted by Gasteiger charge is 2.25. The first-order valence-electron chi connectivity index (χ1n) is 12.2. The lowest BCUT2D eigenvalue weighted by atomic mass is 10.1. The van der Waals surface area contributed by atoms with E-state index in [1.165, 1.54) is 6.08 Å². The van der Waals surface area contributed by atoms with E-state index >= 15 is 0 Å². The molecule has 0 unspecified atom stereocenters. The third kappa shape index (κ3) is 7.04. The van der Waals surface area contributed by atoms with Crippen LogP contribution in [0.4, 0.5) is 0 Å². The van der Waals surface area contributed by atoms with Crippen molar-refractivity contribution in [2.24, 2.45) is 0 Å². The topological polar surface area (TPSA) is 164 Å². The molecular weight excluding hydrogens is 514 g/mol. The summed E-state index contributed by atoms with van der Waals surface area (Å²) in [5.74, 6) is -4.12. The number of nitrogens with one attached hydrogen (secondary N) is 2. The molecule has 0 spiro atoms. The van der Waals surface area contributed by atoms with Gasteiger partial charge in [-0.1, -0.05) is 36.4 Å². The highest BCUT2D eigenvalue weighted by Crippen LogP contribution is 2.25. The van der Waals surface area contributed by atoms with E-state index in [2.05, 4.69) is 20.7 Å². The van der Waals surface area contributed by atoms with Crippen LogP contribution in [0.2, 0.25) is 0 Å². The summed E-state index contributed by atoms with van der Waals surface area (Å²) in [5.41, 5.74) is 2.29. The molecule has 0 fully saturated rings. The van der Waals surface area contributed by atoms with E-state index in [9.17, 15) is 24.3 Å². The third-order valence-electron chi connectivity index (χ3n) is 5.78. The maximum absolute atomic E-state index is 13.4. The van der Waals surface area contributed by atoms with Gasteiger partial charge >= 0.3 is 11.9 Å². The number of rotatable bonds is 11. The van der Waals surface area contributed by atoms with Gasteiger partial charge < -0.3 is 20.8 Å². The first-order valence-corrected chi connectivity index (χ1v) is 12.2. The molecule has 11 heteroatoms. The zero-order chi connectivity index (χ0) is 28.5. The molecule has 0 aliphatic heterocycles. The van der Waals surface area contributed by atoms with Gasteiger partial charge in [0, 0.05) is 41.7 Å². The Bertz CT molecular complexity index is 1540. The van der Waals surface area contributed by atoms with Crippen LogP contribution < -0.4 is 10.6 Å². The van der Waals surface area contributed by atoms with Crippen molar-refractivity contribution in [3.8, 4) is 16.9 Å². The summed E-state index contributed by atoms with van der Waals surface area (Å²) in [4.78, 5) is 53.2. The second-order valence-electron chi connectivity index (χ2n) is 8.63. The van der Waals surface area contributed by atoms with Crippen molar-refractivity contribution >= 4 is 29.8 Å². The van der Waals surface area contributed by atoms with Crippen LogP contribution >= 0.6 is 0 Å². The maximum Gasteiger partial charge on any atom is 0.326 e. The zero-order valence-electron chi connectivity index (χ0n) is 21.1. The van der Waals surface area contributed by atoms with E-state index in [4.69, 9.17) is 5.11 Å². The number of hydrogen-bond acceptors (Lipinski definition) is 6. The maximum atomic E-state index is 13.4. The van der Waals surface area contributed by atoms with Gasteiger partial charge in [0.15, 0.2) is 0 Å². The molecule has 2 aromatic carbocycles. The number of para-hydroxylation sites is 1. The van der Waals surface area contributed by atoms with Crippen molar-refractivity contribution in [3.63, 3.8) is 0 Å². The lowest BCUT2D eigenvalue weighted by molar-refractivity contribution is -0.142. The SMILES string of the molecule is O=C(O)CC[C@H](NC(=O)/C(=C\c1cn(-c2ccccc2)nc1-c1cccnc1)NC(=O)c1ccccc1)C(=O)O. The van der Waals surface area contributed by atoms with Crippen LogP contribution in [-0.4, -0.2) is 54.8 Å². The second kappa shape index (κ2) is 12.8. The Morgan fingerprint density at radius 1 is 0.925 bits per heavy atom. The van der Waals surface area contributed by atoms with E-state index in [1.807, 2.05) is 30.3 Å². The number of benzene rings is 2. The Balaban J connectivity index is 1.77. The van der Waals surface area contributed by atoms with Gasteiger partial charge in [-0.3, -0.25) is 19.4 Å². The van der Waals surface area contributed by atoms with E-state index in [-0.39, 0.29) is 17.7 Å². The Kier molecular flexibility index (Phi) is 8.77. The fourth-order valence-corrected chi connectivity index (χ4v) is 3.79. The van der Waals surface area contributed by atoms with Crippen molar-refractivity contribution < 1.29 is 29.4 Å². The average Bonchev–Trinajstić information content (AvgIpc) is 3.39. The molecule has 40 heavy (non-hydrogen) atoms. The molecule has 0 saturated carbocycles. The molecule has 2 heterocycles. The fraction of sp³-hybridized carbons (Fsp3) is 0.103. The summed E-state index contributed by atoms with van der Waals surface area (Å²) in [6.07, 6.45) is 5.45. The molecule has 2 amide bonds. The largest absolute Gasteiger partial charge is 0.481 e. The highest BCUT2D eigenvalue weighted by molar-refractivity contribution is 6.06. The molecule has 2 aromatic heterocycles. The van der Waals surface area contributed by atoms with Crippen LogP contribution in [0.15, 0.2) is 97.1 Å². The molecule has 0 saturated heterocycles. The molecule has 4 rings (SSSR count). The van der Waals surface area contributed by atoms with E-state index in [0.29, 0.717) is 16.8 Å². The van der Waals surface area contributed by atoms with Gasteiger partial charge in [-0.25, -0.2) is 9.48 Å². The zero-order valence-corrected chi connectivity index (χ0v) is 21.1. The van der Waals surface area contributed by atoms with Gasteiger partial charge in [-0.05, 0) is 48.9 Å². The summed E-state index contributed by atoms with van der Waals surface area (Å²) in [6.45, 7) is 0. The molecule has 0 radical (unpaired) electrons. The quantitative estimate of drug-likeness (QED) is 0.211. The van der Waals surface area contributed by atoms with Gasteiger partial charge in [0.05, 0.1) is 5.69 Å². The van der Waals surface area contributed by atoms with Crippen LogP contribution in [0.5, 0.6) is 0 Å². The predicted octanol–water partition coefficient (Wildman–Crippen LogP) is 3.14. The van der Waals surface area contributed by atoms with Crippen molar-refractivity contribution in [1.82, 2.24) is 25.4 Å². The number of aromatic nitrogens is 3. The van der Waals surface area contributed by atoms with Crippen LogP contribution in [0.3, 0.4) is 0 Å². The highest BCUT2D eigenvalue weighted by atomic mass is 16.4. The van der Waals surface area contributed by atoms with Gasteiger partial charge in [0.1, 0.15) is 17.4 Å². The summed E-state index contributed by atoms with van der Waals surface area (Å²) in [7, 11) is 0. The summed E-state index contributed by atoms with van der Waals surface area (Å²) < 4.78 is 1.61. The van der Waals surface area contributed by atoms with Crippen LogP contribution in [0.25, 0.3) is 23.0 Å². The van der Waals surface area contributed by atoms with Gasteiger partial charge in [-0.2, -0.15) is 5.10 Å². The molecule has 4 N–H and O–H groups in total. The predicted molar refractivity (Wildman–Crippen MR) is 145 cm³/mol. The van der Waals surface area contributed by atoms with E-state index < -0.39 is 36.2 Å². The normalized spacial score (nSPS) is 11.8. The Labute approximate surface area is 228 Å². The van der Waals surface area contributed by atoms with Gasteiger partial charge in [-0.15, -0.1) is 0 Å². The molecule has 0 bridgehead atoms. The fourth-order valence-electron chi connectivity index (χ4n) is 3.79. The Hall–Kier alpha value is -5.58. The van der Waals surface area contributed by atoms with Crippen molar-refractivity contribution in [2.75, 3.05) is 0 Å².